The molecule has 4 atom stereocenters. The average Bonchev–Trinajstić information content (AvgIpc) is 2.47. The topological polar surface area (TPSA) is 38.5 Å². The summed E-state index contributed by atoms with van der Waals surface area (Å²) in [5.41, 5.74) is 7.36. The van der Waals surface area contributed by atoms with E-state index >= 15 is 0 Å². The molecule has 0 saturated carbocycles. The summed E-state index contributed by atoms with van der Waals surface area (Å²) in [6.07, 6.45) is 2.06. The number of rotatable bonds is 5. The van der Waals surface area contributed by atoms with Gasteiger partial charge in [0.2, 0.25) is 0 Å². The number of hydrogen-bond donors (Lipinski definition) is 1. The predicted octanol–water partition coefficient (Wildman–Crippen LogP) is 3.10. The van der Waals surface area contributed by atoms with Gasteiger partial charge in [0.15, 0.2) is 0 Å². The van der Waals surface area contributed by atoms with E-state index in [0.717, 1.165) is 31.6 Å². The van der Waals surface area contributed by atoms with E-state index in [1.807, 2.05) is 6.07 Å². The maximum atomic E-state index is 13.6. The van der Waals surface area contributed by atoms with Crippen molar-refractivity contribution < 1.29 is 9.13 Å². The zero-order valence-corrected chi connectivity index (χ0v) is 13.3. The third kappa shape index (κ3) is 3.82. The van der Waals surface area contributed by atoms with Crippen molar-refractivity contribution in [1.29, 1.82) is 0 Å². The van der Waals surface area contributed by atoms with E-state index in [9.17, 15) is 4.39 Å². The Labute approximate surface area is 127 Å². The molecule has 2 N–H and O–H groups in total. The molecule has 1 heterocycles. The van der Waals surface area contributed by atoms with E-state index in [0.29, 0.717) is 6.04 Å². The Morgan fingerprint density at radius 2 is 2.19 bits per heavy atom. The van der Waals surface area contributed by atoms with Crippen LogP contribution in [0.2, 0.25) is 0 Å². The van der Waals surface area contributed by atoms with Gasteiger partial charge in [-0.25, -0.2) is 4.39 Å². The van der Waals surface area contributed by atoms with Crippen LogP contribution in [-0.4, -0.2) is 36.2 Å². The van der Waals surface area contributed by atoms with Gasteiger partial charge in [0.25, 0.3) is 0 Å². The van der Waals surface area contributed by atoms with E-state index in [1.165, 1.54) is 6.07 Å². The van der Waals surface area contributed by atoms with Gasteiger partial charge in [-0.3, -0.25) is 4.90 Å². The molecule has 0 aliphatic carbocycles. The standard InChI is InChI=1S/C17H27FN2O/c1-4-15-11-21-12(3)10-20(15)17(16(19)5-2)13-7-6-8-14(18)9-13/h6-9,12,15-17H,4-5,10-11,19H2,1-3H3. The van der Waals surface area contributed by atoms with Crippen LogP contribution in [0.1, 0.15) is 45.2 Å². The van der Waals surface area contributed by atoms with Crippen molar-refractivity contribution in [3.8, 4) is 0 Å². The molecule has 0 radical (unpaired) electrons. The zero-order chi connectivity index (χ0) is 15.4. The van der Waals surface area contributed by atoms with E-state index in [4.69, 9.17) is 10.5 Å². The normalized spacial score (nSPS) is 26.5. The molecule has 4 heteroatoms. The summed E-state index contributed by atoms with van der Waals surface area (Å²) in [5, 5.41) is 0. The van der Waals surface area contributed by atoms with E-state index in [2.05, 4.69) is 25.7 Å². The number of ether oxygens (including phenoxy) is 1. The van der Waals surface area contributed by atoms with Gasteiger partial charge in [-0.1, -0.05) is 26.0 Å². The minimum atomic E-state index is -0.199. The summed E-state index contributed by atoms with van der Waals surface area (Å²) >= 11 is 0. The number of morpholine rings is 1. The Bertz CT molecular complexity index is 454. The summed E-state index contributed by atoms with van der Waals surface area (Å²) < 4.78 is 19.4. The molecule has 1 aromatic rings. The highest BCUT2D eigenvalue weighted by atomic mass is 19.1. The van der Waals surface area contributed by atoms with Gasteiger partial charge >= 0.3 is 0 Å². The van der Waals surface area contributed by atoms with Gasteiger partial charge in [-0.2, -0.15) is 0 Å². The van der Waals surface area contributed by atoms with Crippen molar-refractivity contribution in [3.05, 3.63) is 35.6 Å². The first kappa shape index (κ1) is 16.4. The van der Waals surface area contributed by atoms with E-state index in [-0.39, 0.29) is 24.0 Å². The molecule has 0 aromatic heterocycles. The van der Waals surface area contributed by atoms with Crippen molar-refractivity contribution in [2.45, 2.75) is 57.8 Å². The highest BCUT2D eigenvalue weighted by Crippen LogP contribution is 2.31. The Balaban J connectivity index is 2.34. The quantitative estimate of drug-likeness (QED) is 0.907. The molecule has 0 spiro atoms. The maximum Gasteiger partial charge on any atom is 0.123 e. The van der Waals surface area contributed by atoms with E-state index in [1.54, 1.807) is 12.1 Å². The van der Waals surface area contributed by atoms with Gasteiger partial charge in [-0.15, -0.1) is 0 Å². The molecule has 21 heavy (non-hydrogen) atoms. The summed E-state index contributed by atoms with van der Waals surface area (Å²) in [6.45, 7) is 7.89. The lowest BCUT2D eigenvalue weighted by molar-refractivity contribution is -0.0772. The largest absolute Gasteiger partial charge is 0.376 e. The first-order valence-corrected chi connectivity index (χ1v) is 7.95. The molecule has 118 valence electrons. The van der Waals surface area contributed by atoms with Crippen LogP contribution in [0.4, 0.5) is 4.39 Å². The molecule has 1 aliphatic heterocycles. The van der Waals surface area contributed by atoms with Crippen LogP contribution < -0.4 is 5.73 Å². The van der Waals surface area contributed by atoms with Crippen LogP contribution in [0.3, 0.4) is 0 Å². The first-order chi connectivity index (χ1) is 10.1. The highest BCUT2D eigenvalue weighted by Gasteiger charge is 2.34. The van der Waals surface area contributed by atoms with Crippen molar-refractivity contribution in [2.24, 2.45) is 5.73 Å². The van der Waals surface area contributed by atoms with Gasteiger partial charge in [0.1, 0.15) is 5.82 Å². The van der Waals surface area contributed by atoms with Crippen LogP contribution in [-0.2, 0) is 4.74 Å². The summed E-state index contributed by atoms with van der Waals surface area (Å²) in [6, 6.07) is 7.23. The second-order valence-electron chi connectivity index (χ2n) is 5.97. The van der Waals surface area contributed by atoms with Crippen LogP contribution in [0, 0.1) is 5.82 Å². The van der Waals surface area contributed by atoms with Crippen molar-refractivity contribution in [1.82, 2.24) is 4.90 Å². The smallest absolute Gasteiger partial charge is 0.123 e. The Kier molecular flexibility index (Phi) is 5.73. The van der Waals surface area contributed by atoms with Crippen molar-refractivity contribution in [2.75, 3.05) is 13.2 Å². The molecule has 0 bridgehead atoms. The molecule has 0 amide bonds. The molecule has 1 aliphatic rings. The lowest BCUT2D eigenvalue weighted by Gasteiger charge is -2.45. The molecule has 1 aromatic carbocycles. The number of nitrogens with zero attached hydrogens (tertiary/aromatic N) is 1. The van der Waals surface area contributed by atoms with Crippen LogP contribution in [0.5, 0.6) is 0 Å². The van der Waals surface area contributed by atoms with Crippen LogP contribution in [0.25, 0.3) is 0 Å². The maximum absolute atomic E-state index is 13.6. The second-order valence-corrected chi connectivity index (χ2v) is 5.97. The summed E-state index contributed by atoms with van der Waals surface area (Å²) in [5.74, 6) is -0.199. The fraction of sp³-hybridized carbons (Fsp3) is 0.647. The molecular weight excluding hydrogens is 267 g/mol. The third-order valence-corrected chi connectivity index (χ3v) is 4.41. The molecule has 4 unspecified atom stereocenters. The van der Waals surface area contributed by atoms with Crippen molar-refractivity contribution >= 4 is 0 Å². The van der Waals surface area contributed by atoms with Gasteiger partial charge in [-0.05, 0) is 37.5 Å². The Morgan fingerprint density at radius 1 is 1.43 bits per heavy atom. The lowest BCUT2D eigenvalue weighted by atomic mass is 9.93. The molecular formula is C17H27FN2O. The fourth-order valence-electron chi connectivity index (χ4n) is 3.16. The number of hydrogen-bond acceptors (Lipinski definition) is 3. The summed E-state index contributed by atoms with van der Waals surface area (Å²) in [4.78, 5) is 2.41. The number of halogens is 1. The Hall–Kier alpha value is -0.970. The third-order valence-electron chi connectivity index (χ3n) is 4.41. The van der Waals surface area contributed by atoms with E-state index < -0.39 is 0 Å². The first-order valence-electron chi connectivity index (χ1n) is 7.95. The van der Waals surface area contributed by atoms with Gasteiger partial charge in [0.05, 0.1) is 18.8 Å². The fourth-order valence-corrected chi connectivity index (χ4v) is 3.16. The SMILES string of the molecule is CCC(N)C(c1cccc(F)c1)N1CC(C)OCC1CC. The zero-order valence-electron chi connectivity index (χ0n) is 13.3. The molecule has 1 fully saturated rings. The Morgan fingerprint density at radius 3 is 2.81 bits per heavy atom. The molecule has 1 saturated heterocycles. The minimum absolute atomic E-state index is 0.00819. The minimum Gasteiger partial charge on any atom is -0.376 e. The van der Waals surface area contributed by atoms with Gasteiger partial charge in [0, 0.05) is 18.6 Å². The van der Waals surface area contributed by atoms with Crippen LogP contribution in [0.15, 0.2) is 24.3 Å². The average molecular weight is 294 g/mol. The van der Waals surface area contributed by atoms with Crippen molar-refractivity contribution in [3.63, 3.8) is 0 Å². The predicted molar refractivity (Wildman–Crippen MR) is 83.6 cm³/mol. The number of benzene rings is 1. The highest BCUT2D eigenvalue weighted by molar-refractivity contribution is 5.22. The molecule has 3 nitrogen and oxygen atoms in total. The summed E-state index contributed by atoms with van der Waals surface area (Å²) in [7, 11) is 0. The van der Waals surface area contributed by atoms with Gasteiger partial charge < -0.3 is 10.5 Å². The number of nitrogens with two attached hydrogens (primary N) is 1. The van der Waals surface area contributed by atoms with Crippen LogP contribution >= 0.6 is 0 Å². The second kappa shape index (κ2) is 7.34. The molecule has 2 rings (SSSR count). The lowest BCUT2D eigenvalue weighted by Crippen LogP contribution is -2.53. The monoisotopic (exact) mass is 294 g/mol.